The number of fused-ring (bicyclic) bond motifs is 1. The van der Waals surface area contributed by atoms with E-state index in [1.54, 1.807) is 0 Å². The largest absolute Gasteiger partial charge is 0.375 e. The third-order valence-corrected chi connectivity index (χ3v) is 6.03. The molecule has 2 aromatic rings. The van der Waals surface area contributed by atoms with Crippen LogP contribution in [0.15, 0.2) is 11.4 Å². The van der Waals surface area contributed by atoms with Crippen molar-refractivity contribution in [3.8, 4) is 0 Å². The van der Waals surface area contributed by atoms with Gasteiger partial charge in [-0.2, -0.15) is 0 Å². The van der Waals surface area contributed by atoms with Crippen LogP contribution in [0, 0.1) is 12.8 Å². The molecule has 1 aliphatic rings. The summed E-state index contributed by atoms with van der Waals surface area (Å²) in [5.41, 5.74) is 1.37. The molecule has 0 aliphatic carbocycles. The van der Waals surface area contributed by atoms with E-state index in [2.05, 4.69) is 57.2 Å². The average molecular weight is 392 g/mol. The van der Waals surface area contributed by atoms with E-state index in [4.69, 9.17) is 4.74 Å². The molecule has 1 aliphatic heterocycles. The third-order valence-electron chi connectivity index (χ3n) is 5.02. The van der Waals surface area contributed by atoms with Gasteiger partial charge in [-0.1, -0.05) is 13.8 Å². The summed E-state index contributed by atoms with van der Waals surface area (Å²) in [4.78, 5) is 16.0. The Labute approximate surface area is 164 Å². The van der Waals surface area contributed by atoms with Crippen molar-refractivity contribution >= 4 is 17.2 Å². The van der Waals surface area contributed by atoms with Crippen molar-refractivity contribution in [3.05, 3.63) is 33.5 Å². The van der Waals surface area contributed by atoms with Gasteiger partial charge in [-0.25, -0.2) is 0 Å². The molecule has 0 saturated heterocycles. The fourth-order valence-electron chi connectivity index (χ4n) is 3.42. The van der Waals surface area contributed by atoms with Crippen LogP contribution >= 0.6 is 11.3 Å². The smallest absolute Gasteiger partial charge is 0.246 e. The number of amides is 1. The van der Waals surface area contributed by atoms with Crippen LogP contribution in [0.2, 0.25) is 0 Å². The first-order valence-electron chi connectivity index (χ1n) is 9.45. The highest BCUT2D eigenvalue weighted by atomic mass is 32.1. The second kappa shape index (κ2) is 8.95. The third kappa shape index (κ3) is 4.75. The Morgan fingerprint density at radius 3 is 2.81 bits per heavy atom. The van der Waals surface area contributed by atoms with Crippen molar-refractivity contribution in [2.24, 2.45) is 5.92 Å². The molecule has 3 heterocycles. The second-order valence-corrected chi connectivity index (χ2v) is 8.40. The normalized spacial score (nSPS) is 16.2. The molecule has 0 fully saturated rings. The van der Waals surface area contributed by atoms with Crippen molar-refractivity contribution < 1.29 is 9.53 Å². The molecule has 27 heavy (non-hydrogen) atoms. The highest BCUT2D eigenvalue weighted by Crippen LogP contribution is 2.24. The molecule has 0 saturated carbocycles. The van der Waals surface area contributed by atoms with E-state index in [-0.39, 0.29) is 24.5 Å². The molecule has 0 bridgehead atoms. The molecule has 0 aromatic carbocycles. The quantitative estimate of drug-likeness (QED) is 0.783. The van der Waals surface area contributed by atoms with Crippen molar-refractivity contribution in [3.63, 3.8) is 0 Å². The van der Waals surface area contributed by atoms with E-state index >= 15 is 0 Å². The van der Waals surface area contributed by atoms with Gasteiger partial charge >= 0.3 is 0 Å². The van der Waals surface area contributed by atoms with Crippen LogP contribution in [0.25, 0.3) is 0 Å². The summed E-state index contributed by atoms with van der Waals surface area (Å²) in [5.74, 6) is 1.94. The van der Waals surface area contributed by atoms with Crippen LogP contribution in [-0.2, 0) is 29.0 Å². The topological polar surface area (TPSA) is 72.3 Å². The van der Waals surface area contributed by atoms with Gasteiger partial charge < -0.3 is 14.6 Å². The maximum Gasteiger partial charge on any atom is 0.246 e. The van der Waals surface area contributed by atoms with Crippen LogP contribution in [0.4, 0.5) is 0 Å². The highest BCUT2D eigenvalue weighted by Gasteiger charge is 2.27. The zero-order chi connectivity index (χ0) is 19.4. The summed E-state index contributed by atoms with van der Waals surface area (Å²) < 4.78 is 7.14. The Kier molecular flexibility index (Phi) is 6.62. The van der Waals surface area contributed by atoms with E-state index in [1.807, 2.05) is 11.3 Å². The van der Waals surface area contributed by atoms with E-state index < -0.39 is 0 Å². The minimum Gasteiger partial charge on any atom is -0.375 e. The Bertz CT molecular complexity index is 770. The standard InChI is InChI=1S/C19H29N5O2S/c1-13(2)18(20-17(25)12-26-4)19-22-21-16-5-7-23(8-9-24(16)19)11-15-14(3)6-10-27-15/h6,10,13,18H,5,7-9,11-12H2,1-4H3,(H,20,25)/t18-/m1/s1. The lowest BCUT2D eigenvalue weighted by Gasteiger charge is -2.23. The number of hydrogen-bond donors (Lipinski definition) is 1. The van der Waals surface area contributed by atoms with E-state index in [9.17, 15) is 4.79 Å². The summed E-state index contributed by atoms with van der Waals surface area (Å²) in [6.07, 6.45) is 0.869. The molecule has 0 spiro atoms. The summed E-state index contributed by atoms with van der Waals surface area (Å²) in [5, 5.41) is 14.1. The Morgan fingerprint density at radius 2 is 2.15 bits per heavy atom. The van der Waals surface area contributed by atoms with Gasteiger partial charge in [0, 0.05) is 44.6 Å². The Balaban J connectivity index is 1.72. The van der Waals surface area contributed by atoms with Gasteiger partial charge in [0.1, 0.15) is 12.4 Å². The number of hydrogen-bond acceptors (Lipinski definition) is 6. The first-order chi connectivity index (χ1) is 13.0. The molecule has 1 atom stereocenters. The monoisotopic (exact) mass is 391 g/mol. The number of aromatic nitrogens is 3. The first kappa shape index (κ1) is 20.0. The van der Waals surface area contributed by atoms with Crippen LogP contribution < -0.4 is 5.32 Å². The van der Waals surface area contributed by atoms with Gasteiger partial charge in [0.15, 0.2) is 5.82 Å². The molecule has 148 valence electrons. The minimum atomic E-state index is -0.167. The number of nitrogens with one attached hydrogen (secondary N) is 1. The first-order valence-corrected chi connectivity index (χ1v) is 10.3. The number of aryl methyl sites for hydroxylation is 1. The summed E-state index contributed by atoms with van der Waals surface area (Å²) in [6.45, 7) is 10.1. The molecular weight excluding hydrogens is 362 g/mol. The van der Waals surface area contributed by atoms with Crippen molar-refractivity contribution in [2.45, 2.75) is 46.3 Å². The zero-order valence-electron chi connectivity index (χ0n) is 16.6. The van der Waals surface area contributed by atoms with Gasteiger partial charge in [-0.05, 0) is 29.9 Å². The van der Waals surface area contributed by atoms with E-state index in [1.165, 1.54) is 17.6 Å². The Hall–Kier alpha value is -1.77. The van der Waals surface area contributed by atoms with Crippen LogP contribution in [-0.4, -0.2) is 52.4 Å². The molecule has 1 amide bonds. The summed E-state index contributed by atoms with van der Waals surface area (Å²) >= 11 is 1.82. The maximum absolute atomic E-state index is 12.1. The molecular formula is C19H29N5O2S. The fraction of sp³-hybridized carbons (Fsp3) is 0.632. The summed E-state index contributed by atoms with van der Waals surface area (Å²) in [6, 6.07) is 2.01. The molecule has 8 heteroatoms. The fourth-order valence-corrected chi connectivity index (χ4v) is 4.37. The number of rotatable bonds is 7. The molecule has 0 radical (unpaired) electrons. The lowest BCUT2D eigenvalue weighted by atomic mass is 10.0. The summed E-state index contributed by atoms with van der Waals surface area (Å²) in [7, 11) is 1.52. The number of nitrogens with zero attached hydrogens (tertiary/aromatic N) is 4. The molecule has 0 unspecified atom stereocenters. The minimum absolute atomic E-state index is 0.0537. The van der Waals surface area contributed by atoms with E-state index in [0.29, 0.717) is 0 Å². The Morgan fingerprint density at radius 1 is 1.33 bits per heavy atom. The van der Waals surface area contributed by atoms with Crippen LogP contribution in [0.3, 0.4) is 0 Å². The lowest BCUT2D eigenvalue weighted by molar-refractivity contribution is -0.125. The van der Waals surface area contributed by atoms with Crippen molar-refractivity contribution in [1.29, 1.82) is 0 Å². The SMILES string of the molecule is COCC(=O)N[C@@H](c1nnc2n1CCN(Cc1sccc1C)CC2)C(C)C. The van der Waals surface area contributed by atoms with Crippen LogP contribution in [0.1, 0.15) is 42.0 Å². The van der Waals surface area contributed by atoms with Gasteiger partial charge in [0.05, 0.1) is 6.04 Å². The average Bonchev–Trinajstić information content (AvgIpc) is 3.15. The number of carbonyl (C=O) groups is 1. The van der Waals surface area contributed by atoms with Gasteiger partial charge in [0.2, 0.25) is 5.91 Å². The van der Waals surface area contributed by atoms with E-state index in [0.717, 1.165) is 44.2 Å². The van der Waals surface area contributed by atoms with Gasteiger partial charge in [-0.3, -0.25) is 9.69 Å². The predicted molar refractivity (Wildman–Crippen MR) is 106 cm³/mol. The number of methoxy groups -OCH3 is 1. The van der Waals surface area contributed by atoms with Gasteiger partial charge in [-0.15, -0.1) is 21.5 Å². The predicted octanol–water partition coefficient (Wildman–Crippen LogP) is 2.17. The van der Waals surface area contributed by atoms with Gasteiger partial charge in [0.25, 0.3) is 0 Å². The number of ether oxygens (including phenoxy) is 1. The van der Waals surface area contributed by atoms with Crippen LogP contribution in [0.5, 0.6) is 0 Å². The second-order valence-electron chi connectivity index (χ2n) is 7.40. The number of thiophene rings is 1. The number of carbonyl (C=O) groups excluding carboxylic acids is 1. The molecule has 3 rings (SSSR count). The molecule has 1 N–H and O–H groups in total. The molecule has 7 nitrogen and oxygen atoms in total. The zero-order valence-corrected chi connectivity index (χ0v) is 17.4. The molecule has 2 aromatic heterocycles. The van der Waals surface area contributed by atoms with Crippen molar-refractivity contribution in [1.82, 2.24) is 25.0 Å². The highest BCUT2D eigenvalue weighted by molar-refractivity contribution is 7.10. The van der Waals surface area contributed by atoms with Crippen molar-refractivity contribution in [2.75, 3.05) is 26.8 Å². The lowest BCUT2D eigenvalue weighted by Crippen LogP contribution is -2.36. The maximum atomic E-state index is 12.1.